The van der Waals surface area contributed by atoms with Crippen molar-refractivity contribution in [3.63, 3.8) is 0 Å². The lowest BCUT2D eigenvalue weighted by molar-refractivity contribution is 0.360. The third kappa shape index (κ3) is 2.15. The van der Waals surface area contributed by atoms with Crippen LogP contribution in [-0.4, -0.2) is 17.6 Å². The maximum absolute atomic E-state index is 5.90. The van der Waals surface area contributed by atoms with Gasteiger partial charge in [-0.2, -0.15) is 0 Å². The van der Waals surface area contributed by atoms with E-state index >= 15 is 0 Å². The molecule has 0 bridgehead atoms. The molecule has 17 heavy (non-hydrogen) atoms. The number of hydrogen-bond donors (Lipinski definition) is 0. The minimum Gasteiger partial charge on any atom is -0.353 e. The summed E-state index contributed by atoms with van der Waals surface area (Å²) in [6.07, 6.45) is 8.77. The predicted octanol–water partition coefficient (Wildman–Crippen LogP) is 3.59. The number of hydrogen-bond acceptors (Lipinski definition) is 2. The van der Waals surface area contributed by atoms with Crippen molar-refractivity contribution in [3.8, 4) is 0 Å². The van der Waals surface area contributed by atoms with Gasteiger partial charge >= 0.3 is 0 Å². The highest BCUT2D eigenvalue weighted by Gasteiger charge is 2.35. The summed E-state index contributed by atoms with van der Waals surface area (Å²) >= 11 is 5.90. The summed E-state index contributed by atoms with van der Waals surface area (Å²) in [6, 6.07) is 4.90. The van der Waals surface area contributed by atoms with Gasteiger partial charge in [0, 0.05) is 24.7 Å². The van der Waals surface area contributed by atoms with Crippen LogP contribution < -0.4 is 4.90 Å². The molecule has 1 aliphatic carbocycles. The number of anilines is 1. The first kappa shape index (κ1) is 11.3. The topological polar surface area (TPSA) is 16.1 Å². The highest BCUT2D eigenvalue weighted by molar-refractivity contribution is 6.17. The van der Waals surface area contributed by atoms with Crippen molar-refractivity contribution in [1.82, 2.24) is 4.98 Å². The van der Waals surface area contributed by atoms with Crippen LogP contribution in [0.25, 0.3) is 0 Å². The van der Waals surface area contributed by atoms with Crippen LogP contribution >= 0.6 is 11.6 Å². The first-order chi connectivity index (χ1) is 8.38. The molecule has 0 aromatic carbocycles. The summed E-state index contributed by atoms with van der Waals surface area (Å²) in [5, 5.41) is 0. The van der Waals surface area contributed by atoms with E-state index in [4.69, 9.17) is 11.6 Å². The third-order valence-corrected chi connectivity index (χ3v) is 4.56. The van der Waals surface area contributed by atoms with Crippen LogP contribution in [-0.2, 0) is 5.88 Å². The zero-order valence-electron chi connectivity index (χ0n) is 10.1. The normalized spacial score (nSPS) is 28.2. The summed E-state index contributed by atoms with van der Waals surface area (Å²) < 4.78 is 0. The van der Waals surface area contributed by atoms with Crippen molar-refractivity contribution in [2.45, 2.75) is 44.0 Å². The van der Waals surface area contributed by atoms with E-state index in [0.717, 1.165) is 17.8 Å². The number of nitrogens with zero attached hydrogens (tertiary/aromatic N) is 2. The van der Waals surface area contributed by atoms with Gasteiger partial charge in [0.2, 0.25) is 0 Å². The van der Waals surface area contributed by atoms with Crippen molar-refractivity contribution in [3.05, 3.63) is 23.9 Å². The molecule has 2 nitrogen and oxygen atoms in total. The van der Waals surface area contributed by atoms with Gasteiger partial charge in [-0.1, -0.05) is 6.42 Å². The van der Waals surface area contributed by atoms with Gasteiger partial charge in [-0.15, -0.1) is 11.6 Å². The summed E-state index contributed by atoms with van der Waals surface area (Å²) in [5.74, 6) is 2.63. The fourth-order valence-electron chi connectivity index (χ4n) is 3.44. The number of alkyl halides is 1. The lowest BCUT2D eigenvalue weighted by atomic mass is 9.92. The maximum Gasteiger partial charge on any atom is 0.129 e. The molecule has 1 aromatic heterocycles. The van der Waals surface area contributed by atoms with E-state index in [2.05, 4.69) is 16.0 Å². The van der Waals surface area contributed by atoms with E-state index in [1.807, 2.05) is 12.3 Å². The monoisotopic (exact) mass is 250 g/mol. The van der Waals surface area contributed by atoms with E-state index < -0.39 is 0 Å². The van der Waals surface area contributed by atoms with Crippen LogP contribution in [0.4, 0.5) is 5.82 Å². The van der Waals surface area contributed by atoms with E-state index in [-0.39, 0.29) is 0 Å². The molecule has 2 unspecified atom stereocenters. The molecular formula is C14H19ClN2. The van der Waals surface area contributed by atoms with Gasteiger partial charge in [-0.05, 0) is 49.3 Å². The molecule has 92 valence electrons. The molecule has 0 spiro atoms. The molecule has 0 N–H and O–H groups in total. The Morgan fingerprint density at radius 3 is 3.06 bits per heavy atom. The number of piperidine rings is 1. The van der Waals surface area contributed by atoms with Gasteiger partial charge in [-0.3, -0.25) is 0 Å². The molecule has 2 aliphatic rings. The third-order valence-electron chi connectivity index (χ3n) is 4.25. The fourth-order valence-corrected chi connectivity index (χ4v) is 3.61. The van der Waals surface area contributed by atoms with Gasteiger partial charge in [0.15, 0.2) is 0 Å². The highest BCUT2D eigenvalue weighted by atomic mass is 35.5. The Morgan fingerprint density at radius 1 is 1.29 bits per heavy atom. The molecule has 2 atom stereocenters. The quantitative estimate of drug-likeness (QED) is 0.746. The molecule has 1 saturated carbocycles. The average molecular weight is 251 g/mol. The Kier molecular flexibility index (Phi) is 3.24. The molecule has 0 radical (unpaired) electrons. The molecule has 0 amide bonds. The van der Waals surface area contributed by atoms with Crippen molar-refractivity contribution >= 4 is 17.4 Å². The number of fused-ring (bicyclic) bond motifs is 1. The average Bonchev–Trinajstić information content (AvgIpc) is 2.87. The van der Waals surface area contributed by atoms with Crippen LogP contribution in [0.15, 0.2) is 18.3 Å². The Bertz CT molecular complexity index is 394. The van der Waals surface area contributed by atoms with Gasteiger partial charge in [0.1, 0.15) is 5.82 Å². The van der Waals surface area contributed by atoms with E-state index in [0.29, 0.717) is 5.88 Å². The predicted molar refractivity (Wildman–Crippen MR) is 71.5 cm³/mol. The van der Waals surface area contributed by atoms with Crippen LogP contribution in [0.5, 0.6) is 0 Å². The van der Waals surface area contributed by atoms with Gasteiger partial charge < -0.3 is 4.90 Å². The lowest BCUT2D eigenvalue weighted by Gasteiger charge is -2.38. The Labute approximate surface area is 108 Å². The lowest BCUT2D eigenvalue weighted by Crippen LogP contribution is -2.43. The second-order valence-electron chi connectivity index (χ2n) is 5.25. The number of pyridine rings is 1. The molecular weight excluding hydrogens is 232 g/mol. The second-order valence-corrected chi connectivity index (χ2v) is 5.52. The van der Waals surface area contributed by atoms with E-state index in [9.17, 15) is 0 Å². The maximum atomic E-state index is 5.90. The number of rotatable bonds is 2. The smallest absolute Gasteiger partial charge is 0.129 e. The van der Waals surface area contributed by atoms with Crippen molar-refractivity contribution in [1.29, 1.82) is 0 Å². The molecule has 1 saturated heterocycles. The fraction of sp³-hybridized carbons (Fsp3) is 0.643. The summed E-state index contributed by atoms with van der Waals surface area (Å²) in [6.45, 7) is 1.17. The minimum absolute atomic E-state index is 0.581. The van der Waals surface area contributed by atoms with Crippen molar-refractivity contribution in [2.24, 2.45) is 5.92 Å². The second kappa shape index (κ2) is 4.85. The summed E-state index contributed by atoms with van der Waals surface area (Å²) in [4.78, 5) is 7.06. The van der Waals surface area contributed by atoms with Gasteiger partial charge in [0.05, 0.1) is 0 Å². The van der Waals surface area contributed by atoms with Crippen LogP contribution in [0.1, 0.15) is 37.7 Å². The Hall–Kier alpha value is -0.760. The van der Waals surface area contributed by atoms with E-state index in [1.54, 1.807) is 0 Å². The minimum atomic E-state index is 0.581. The largest absolute Gasteiger partial charge is 0.353 e. The van der Waals surface area contributed by atoms with Crippen molar-refractivity contribution in [2.75, 3.05) is 11.4 Å². The molecule has 1 aliphatic heterocycles. The Balaban J connectivity index is 1.86. The van der Waals surface area contributed by atoms with Crippen LogP contribution in [0.3, 0.4) is 0 Å². The molecule has 3 heteroatoms. The first-order valence-corrected chi connectivity index (χ1v) is 7.19. The Morgan fingerprint density at radius 2 is 2.18 bits per heavy atom. The highest BCUT2D eigenvalue weighted by Crippen LogP contribution is 2.38. The van der Waals surface area contributed by atoms with Gasteiger partial charge in [0.25, 0.3) is 0 Å². The molecule has 2 fully saturated rings. The SMILES string of the molecule is ClCc1ccnc(N2CCCC3CCCC32)c1. The van der Waals surface area contributed by atoms with Crippen molar-refractivity contribution < 1.29 is 0 Å². The molecule has 2 heterocycles. The van der Waals surface area contributed by atoms with E-state index in [1.165, 1.54) is 44.2 Å². The zero-order chi connectivity index (χ0) is 11.7. The van der Waals surface area contributed by atoms with Crippen LogP contribution in [0.2, 0.25) is 0 Å². The first-order valence-electron chi connectivity index (χ1n) is 6.66. The number of halogens is 1. The standard InChI is InChI=1S/C14H19ClN2/c15-10-11-6-7-16-14(9-11)17-8-2-4-12-3-1-5-13(12)17/h6-7,9,12-13H,1-5,8,10H2. The van der Waals surface area contributed by atoms with Crippen LogP contribution in [0, 0.1) is 5.92 Å². The molecule has 3 rings (SSSR count). The summed E-state index contributed by atoms with van der Waals surface area (Å²) in [5.41, 5.74) is 1.18. The zero-order valence-corrected chi connectivity index (χ0v) is 10.9. The van der Waals surface area contributed by atoms with Gasteiger partial charge in [-0.25, -0.2) is 4.98 Å². The summed E-state index contributed by atoms with van der Waals surface area (Å²) in [7, 11) is 0. The number of aromatic nitrogens is 1. The molecule has 1 aromatic rings.